The normalized spacial score (nSPS) is 27.2. The molecule has 1 spiro atoms. The monoisotopic (exact) mass is 291 g/mol. The minimum absolute atomic E-state index is 0.0223. The van der Waals surface area contributed by atoms with Gasteiger partial charge in [-0.15, -0.1) is 0 Å². The van der Waals surface area contributed by atoms with Crippen LogP contribution >= 0.6 is 0 Å². The second-order valence-electron chi connectivity index (χ2n) is 6.83. The first kappa shape index (κ1) is 15.0. The van der Waals surface area contributed by atoms with Crippen molar-refractivity contribution < 1.29 is 28.2 Å². The average Bonchev–Trinajstić information content (AvgIpc) is 2.45. The van der Waals surface area contributed by atoms with E-state index in [2.05, 4.69) is 0 Å². The van der Waals surface area contributed by atoms with Gasteiger partial charge in [0.05, 0.1) is 5.92 Å². The molecule has 1 amide bonds. The predicted octanol–water partition coefficient (Wildman–Crippen LogP) is 2.35. The number of hydrogen-bond donors (Lipinski definition) is 1. The van der Waals surface area contributed by atoms with Crippen LogP contribution in [0.2, 0.25) is 0 Å². The Kier molecular flexibility index (Phi) is 3.22. The average molecular weight is 291 g/mol. The van der Waals surface area contributed by atoms with Gasteiger partial charge in [0, 0.05) is 31.3 Å². The highest BCUT2D eigenvalue weighted by Crippen LogP contribution is 2.56. The molecule has 0 aromatic carbocycles. The summed E-state index contributed by atoms with van der Waals surface area (Å²) in [6.45, 7) is 5.18. The molecule has 0 aromatic heterocycles. The van der Waals surface area contributed by atoms with Crippen molar-refractivity contribution in [1.29, 1.82) is 0 Å². The van der Waals surface area contributed by atoms with E-state index in [1.165, 1.54) is 4.90 Å². The van der Waals surface area contributed by atoms with Crippen molar-refractivity contribution in [2.75, 3.05) is 13.1 Å². The zero-order valence-corrected chi connectivity index (χ0v) is 11.8. The van der Waals surface area contributed by atoms with Crippen molar-refractivity contribution in [1.82, 2.24) is 4.90 Å². The molecule has 1 aliphatic heterocycles. The molecule has 1 saturated heterocycles. The van der Waals surface area contributed by atoms with Crippen molar-refractivity contribution in [3.63, 3.8) is 0 Å². The van der Waals surface area contributed by atoms with Crippen LogP contribution in [0.3, 0.4) is 0 Å². The van der Waals surface area contributed by atoms with Gasteiger partial charge in [-0.05, 0) is 20.8 Å². The van der Waals surface area contributed by atoms with E-state index in [1.807, 2.05) is 0 Å². The minimum atomic E-state index is -2.97. The first-order chi connectivity index (χ1) is 8.94. The van der Waals surface area contributed by atoms with E-state index in [4.69, 9.17) is 9.84 Å². The van der Waals surface area contributed by atoms with Crippen LogP contribution in [-0.2, 0) is 9.53 Å². The summed E-state index contributed by atoms with van der Waals surface area (Å²) in [5.41, 5.74) is -1.67. The summed E-state index contributed by atoms with van der Waals surface area (Å²) < 4.78 is 32.1. The van der Waals surface area contributed by atoms with Gasteiger partial charge in [-0.1, -0.05) is 0 Å². The van der Waals surface area contributed by atoms with Gasteiger partial charge in [-0.3, -0.25) is 4.79 Å². The van der Waals surface area contributed by atoms with Crippen LogP contribution in [0, 0.1) is 11.3 Å². The summed E-state index contributed by atoms with van der Waals surface area (Å²) >= 11 is 0. The molecular formula is C13H19F2NO4. The second kappa shape index (κ2) is 4.30. The summed E-state index contributed by atoms with van der Waals surface area (Å²) in [6.07, 6.45) is -1.71. The molecule has 20 heavy (non-hydrogen) atoms. The maximum atomic E-state index is 13.5. The Balaban J connectivity index is 2.03. The standard InChI is InChI=1S/C13H19F2NO4/c1-11(2,3)20-10(19)16-6-12(7-16)5-13(14,15)4-8(12)9(17)18/h8H,4-7H2,1-3H3,(H,17,18). The zero-order chi connectivity index (χ0) is 15.3. The molecule has 114 valence electrons. The number of likely N-dealkylation sites (tertiary alicyclic amines) is 1. The first-order valence-electron chi connectivity index (χ1n) is 6.53. The fourth-order valence-electron chi connectivity index (χ4n) is 3.08. The molecule has 0 radical (unpaired) electrons. The molecule has 1 N–H and O–H groups in total. The Labute approximate surface area is 115 Å². The zero-order valence-electron chi connectivity index (χ0n) is 11.8. The van der Waals surface area contributed by atoms with Crippen LogP contribution in [-0.4, -0.2) is 46.7 Å². The van der Waals surface area contributed by atoms with Crippen molar-refractivity contribution >= 4 is 12.1 Å². The fourth-order valence-corrected chi connectivity index (χ4v) is 3.08. The molecule has 1 atom stereocenters. The largest absolute Gasteiger partial charge is 0.481 e. The SMILES string of the molecule is CC(C)(C)OC(=O)N1CC2(C1)CC(F)(F)CC2C(=O)O. The lowest BCUT2D eigenvalue weighted by Gasteiger charge is -2.49. The van der Waals surface area contributed by atoms with Gasteiger partial charge < -0.3 is 14.7 Å². The molecule has 1 unspecified atom stereocenters. The number of alkyl halides is 2. The number of halogens is 2. The van der Waals surface area contributed by atoms with E-state index in [1.54, 1.807) is 20.8 Å². The third-order valence-electron chi connectivity index (χ3n) is 3.81. The molecule has 7 heteroatoms. The number of carboxylic acids is 1. The van der Waals surface area contributed by atoms with Crippen molar-refractivity contribution in [3.8, 4) is 0 Å². The van der Waals surface area contributed by atoms with E-state index in [-0.39, 0.29) is 13.1 Å². The first-order valence-corrected chi connectivity index (χ1v) is 6.53. The van der Waals surface area contributed by atoms with Gasteiger partial charge in [-0.25, -0.2) is 13.6 Å². The lowest BCUT2D eigenvalue weighted by Crippen LogP contribution is -2.62. The number of rotatable bonds is 1. The van der Waals surface area contributed by atoms with Crippen molar-refractivity contribution in [2.45, 2.75) is 45.1 Å². The Morgan fingerprint density at radius 2 is 1.85 bits per heavy atom. The molecule has 1 saturated carbocycles. The maximum absolute atomic E-state index is 13.5. The lowest BCUT2D eigenvalue weighted by atomic mass is 9.71. The predicted molar refractivity (Wildman–Crippen MR) is 65.5 cm³/mol. The van der Waals surface area contributed by atoms with Crippen LogP contribution in [0.15, 0.2) is 0 Å². The quantitative estimate of drug-likeness (QED) is 0.805. The van der Waals surface area contributed by atoms with Crippen LogP contribution in [0.5, 0.6) is 0 Å². The molecular weight excluding hydrogens is 272 g/mol. The smallest absolute Gasteiger partial charge is 0.410 e. The number of aliphatic carboxylic acids is 1. The summed E-state index contributed by atoms with van der Waals surface area (Å²) in [5, 5.41) is 9.09. The number of carboxylic acid groups (broad SMARTS) is 1. The van der Waals surface area contributed by atoms with Crippen molar-refractivity contribution in [2.24, 2.45) is 11.3 Å². The van der Waals surface area contributed by atoms with E-state index in [9.17, 15) is 18.4 Å². The van der Waals surface area contributed by atoms with E-state index < -0.39 is 47.8 Å². The van der Waals surface area contributed by atoms with Gasteiger partial charge in [0.1, 0.15) is 5.60 Å². The molecule has 2 fully saturated rings. The lowest BCUT2D eigenvalue weighted by molar-refractivity contribution is -0.150. The Bertz CT molecular complexity index is 438. The molecule has 1 heterocycles. The van der Waals surface area contributed by atoms with E-state index >= 15 is 0 Å². The third-order valence-corrected chi connectivity index (χ3v) is 3.81. The van der Waals surface area contributed by atoms with Gasteiger partial charge in [0.2, 0.25) is 5.92 Å². The third kappa shape index (κ3) is 2.71. The second-order valence-corrected chi connectivity index (χ2v) is 6.83. The number of nitrogens with zero attached hydrogens (tertiary/aromatic N) is 1. The fraction of sp³-hybridized carbons (Fsp3) is 0.846. The highest BCUT2D eigenvalue weighted by atomic mass is 19.3. The van der Waals surface area contributed by atoms with Gasteiger partial charge in [0.25, 0.3) is 0 Å². The van der Waals surface area contributed by atoms with E-state index in [0.717, 1.165) is 0 Å². The number of carbonyl (C=O) groups excluding carboxylic acids is 1. The van der Waals surface area contributed by atoms with E-state index in [0.29, 0.717) is 0 Å². The van der Waals surface area contributed by atoms with Crippen LogP contribution < -0.4 is 0 Å². The van der Waals surface area contributed by atoms with Gasteiger partial charge in [-0.2, -0.15) is 0 Å². The molecule has 2 rings (SSSR count). The Morgan fingerprint density at radius 3 is 2.30 bits per heavy atom. The number of ether oxygens (including phenoxy) is 1. The maximum Gasteiger partial charge on any atom is 0.410 e. The van der Waals surface area contributed by atoms with Crippen LogP contribution in [0.1, 0.15) is 33.6 Å². The van der Waals surface area contributed by atoms with Gasteiger partial charge in [0.15, 0.2) is 0 Å². The van der Waals surface area contributed by atoms with Crippen molar-refractivity contribution in [3.05, 3.63) is 0 Å². The molecule has 0 aromatic rings. The summed E-state index contributed by atoms with van der Waals surface area (Å²) in [6, 6.07) is 0. The number of carbonyl (C=O) groups is 2. The van der Waals surface area contributed by atoms with Crippen LogP contribution in [0.25, 0.3) is 0 Å². The molecule has 5 nitrogen and oxygen atoms in total. The number of hydrogen-bond acceptors (Lipinski definition) is 3. The molecule has 0 bridgehead atoms. The minimum Gasteiger partial charge on any atom is -0.481 e. The Morgan fingerprint density at radius 1 is 1.30 bits per heavy atom. The molecule has 1 aliphatic carbocycles. The summed E-state index contributed by atoms with van der Waals surface area (Å²) in [7, 11) is 0. The highest BCUT2D eigenvalue weighted by Gasteiger charge is 2.64. The Hall–Kier alpha value is -1.40. The summed E-state index contributed by atoms with van der Waals surface area (Å²) in [4.78, 5) is 24.2. The number of amides is 1. The van der Waals surface area contributed by atoms with Gasteiger partial charge >= 0.3 is 12.1 Å². The summed E-state index contributed by atoms with van der Waals surface area (Å²) in [5.74, 6) is -5.29. The topological polar surface area (TPSA) is 66.8 Å². The molecule has 2 aliphatic rings. The highest BCUT2D eigenvalue weighted by molar-refractivity contribution is 5.74. The van der Waals surface area contributed by atoms with Crippen LogP contribution in [0.4, 0.5) is 13.6 Å².